The van der Waals surface area contributed by atoms with Crippen LogP contribution in [-0.4, -0.2) is 35.5 Å². The lowest BCUT2D eigenvalue weighted by Gasteiger charge is -2.26. The molecule has 2 aromatic carbocycles. The first-order valence-corrected chi connectivity index (χ1v) is 9.35. The number of hydrogen-bond acceptors (Lipinski definition) is 5. The molecule has 0 fully saturated rings. The standard InChI is InChI=1S/C21H21ClN4O3/c1-14-12-18(25-29-14)24-21(28)20(15-8-4-3-5-9-15)26(2)13-19(27)23-17-11-7-6-10-16(17)22/h3-12,20H,13H2,1-2H3,(H,23,27)(H,24,25,28)/t20-/m0/s1. The first-order chi connectivity index (χ1) is 13.9. The minimum Gasteiger partial charge on any atom is -0.360 e. The number of carbonyl (C=O) groups is 2. The van der Waals surface area contributed by atoms with E-state index in [-0.39, 0.29) is 18.4 Å². The van der Waals surface area contributed by atoms with Crippen LogP contribution in [0.3, 0.4) is 0 Å². The molecule has 3 aromatic rings. The molecule has 0 radical (unpaired) electrons. The summed E-state index contributed by atoms with van der Waals surface area (Å²) in [7, 11) is 1.71. The van der Waals surface area contributed by atoms with Gasteiger partial charge in [0.15, 0.2) is 5.82 Å². The van der Waals surface area contributed by atoms with Crippen LogP contribution in [0.2, 0.25) is 5.02 Å². The number of rotatable bonds is 7. The van der Waals surface area contributed by atoms with Crippen LogP contribution < -0.4 is 10.6 Å². The van der Waals surface area contributed by atoms with Crippen molar-refractivity contribution in [2.24, 2.45) is 0 Å². The molecule has 2 N–H and O–H groups in total. The van der Waals surface area contributed by atoms with Crippen LogP contribution in [0, 0.1) is 6.92 Å². The minimum atomic E-state index is -0.704. The minimum absolute atomic E-state index is 0.0178. The average Bonchev–Trinajstić information content (AvgIpc) is 3.09. The Balaban J connectivity index is 1.75. The second kappa shape index (κ2) is 9.36. The lowest BCUT2D eigenvalue weighted by molar-refractivity contribution is -0.123. The van der Waals surface area contributed by atoms with Crippen LogP contribution in [0.1, 0.15) is 17.4 Å². The SMILES string of the molecule is Cc1cc(NC(=O)[C@H](c2ccccc2)N(C)CC(=O)Nc2ccccc2Cl)no1. The van der Waals surface area contributed by atoms with Crippen molar-refractivity contribution in [1.82, 2.24) is 10.1 Å². The van der Waals surface area contributed by atoms with Gasteiger partial charge in [0.2, 0.25) is 11.8 Å². The summed E-state index contributed by atoms with van der Waals surface area (Å²) in [6.07, 6.45) is 0. The van der Waals surface area contributed by atoms with Crippen molar-refractivity contribution in [1.29, 1.82) is 0 Å². The molecular formula is C21H21ClN4O3. The van der Waals surface area contributed by atoms with E-state index in [1.54, 1.807) is 49.2 Å². The van der Waals surface area contributed by atoms with Crippen molar-refractivity contribution in [2.45, 2.75) is 13.0 Å². The summed E-state index contributed by atoms with van der Waals surface area (Å²) in [4.78, 5) is 27.2. The fourth-order valence-electron chi connectivity index (χ4n) is 2.93. The summed E-state index contributed by atoms with van der Waals surface area (Å²) in [6, 6.07) is 17.1. The van der Waals surface area contributed by atoms with E-state index in [0.29, 0.717) is 22.3 Å². The molecule has 2 amide bonds. The number of para-hydroxylation sites is 1. The molecule has 150 valence electrons. The third-order valence-electron chi connectivity index (χ3n) is 4.22. The highest BCUT2D eigenvalue weighted by Crippen LogP contribution is 2.23. The van der Waals surface area contributed by atoms with E-state index in [0.717, 1.165) is 5.56 Å². The highest BCUT2D eigenvalue weighted by molar-refractivity contribution is 6.33. The van der Waals surface area contributed by atoms with Gasteiger partial charge in [-0.25, -0.2) is 0 Å². The number of likely N-dealkylation sites (N-methyl/N-ethyl adjacent to an activating group) is 1. The zero-order valence-corrected chi connectivity index (χ0v) is 16.8. The number of nitrogens with zero attached hydrogens (tertiary/aromatic N) is 2. The molecule has 0 aliphatic carbocycles. The predicted molar refractivity (Wildman–Crippen MR) is 112 cm³/mol. The molecule has 0 unspecified atom stereocenters. The number of amides is 2. The van der Waals surface area contributed by atoms with Gasteiger partial charge in [-0.1, -0.05) is 59.2 Å². The summed E-state index contributed by atoms with van der Waals surface area (Å²) in [5, 5.41) is 9.75. The molecule has 1 atom stereocenters. The summed E-state index contributed by atoms with van der Waals surface area (Å²) < 4.78 is 5.00. The summed E-state index contributed by atoms with van der Waals surface area (Å²) >= 11 is 6.10. The van der Waals surface area contributed by atoms with E-state index in [4.69, 9.17) is 16.1 Å². The number of anilines is 2. The number of aromatic nitrogens is 1. The lowest BCUT2D eigenvalue weighted by atomic mass is 10.0. The molecule has 29 heavy (non-hydrogen) atoms. The van der Waals surface area contributed by atoms with Crippen molar-refractivity contribution in [3.05, 3.63) is 77.0 Å². The van der Waals surface area contributed by atoms with Gasteiger partial charge in [0.25, 0.3) is 0 Å². The van der Waals surface area contributed by atoms with E-state index in [1.807, 2.05) is 30.3 Å². The fraction of sp³-hybridized carbons (Fsp3) is 0.190. The fourth-order valence-corrected chi connectivity index (χ4v) is 3.11. The Hall–Kier alpha value is -3.16. The molecule has 0 saturated heterocycles. The van der Waals surface area contributed by atoms with E-state index < -0.39 is 6.04 Å². The second-order valence-electron chi connectivity index (χ2n) is 6.57. The second-order valence-corrected chi connectivity index (χ2v) is 6.98. The van der Waals surface area contributed by atoms with E-state index in [9.17, 15) is 9.59 Å². The Bertz CT molecular complexity index is 990. The maximum atomic E-state index is 13.0. The quantitative estimate of drug-likeness (QED) is 0.614. The number of halogens is 1. The van der Waals surface area contributed by atoms with Crippen molar-refractivity contribution in [2.75, 3.05) is 24.2 Å². The van der Waals surface area contributed by atoms with Crippen LogP contribution in [0.5, 0.6) is 0 Å². The Labute approximate surface area is 173 Å². The van der Waals surface area contributed by atoms with Gasteiger partial charge in [-0.2, -0.15) is 0 Å². The third kappa shape index (κ3) is 5.43. The largest absolute Gasteiger partial charge is 0.360 e. The number of benzene rings is 2. The van der Waals surface area contributed by atoms with Gasteiger partial charge >= 0.3 is 0 Å². The van der Waals surface area contributed by atoms with E-state index in [1.165, 1.54) is 0 Å². The maximum Gasteiger partial charge on any atom is 0.247 e. The summed E-state index contributed by atoms with van der Waals surface area (Å²) in [5.41, 5.74) is 1.27. The molecule has 0 spiro atoms. The van der Waals surface area contributed by atoms with Crippen LogP contribution in [0.4, 0.5) is 11.5 Å². The Kier molecular flexibility index (Phi) is 6.64. The summed E-state index contributed by atoms with van der Waals surface area (Å²) in [6.45, 7) is 1.72. The predicted octanol–water partition coefficient (Wildman–Crippen LogP) is 3.89. The number of carbonyl (C=O) groups excluding carboxylic acids is 2. The molecule has 0 bridgehead atoms. The van der Waals surface area contributed by atoms with Crippen molar-refractivity contribution >= 4 is 34.9 Å². The normalized spacial score (nSPS) is 11.9. The zero-order valence-electron chi connectivity index (χ0n) is 16.1. The average molecular weight is 413 g/mol. The topological polar surface area (TPSA) is 87.5 Å². The summed E-state index contributed by atoms with van der Waals surface area (Å²) in [5.74, 6) is 0.301. The van der Waals surface area contributed by atoms with Crippen molar-refractivity contribution < 1.29 is 14.1 Å². The number of nitrogens with one attached hydrogen (secondary N) is 2. The van der Waals surface area contributed by atoms with Crippen molar-refractivity contribution in [3.63, 3.8) is 0 Å². The first-order valence-electron chi connectivity index (χ1n) is 8.98. The number of hydrogen-bond donors (Lipinski definition) is 2. The monoisotopic (exact) mass is 412 g/mol. The molecule has 0 aliphatic rings. The van der Waals surface area contributed by atoms with Gasteiger partial charge in [0.05, 0.1) is 17.3 Å². The van der Waals surface area contributed by atoms with Crippen molar-refractivity contribution in [3.8, 4) is 0 Å². The highest BCUT2D eigenvalue weighted by Gasteiger charge is 2.27. The molecule has 0 saturated carbocycles. The van der Waals surface area contributed by atoms with Gasteiger partial charge in [0, 0.05) is 6.07 Å². The Morgan fingerprint density at radius 1 is 1.10 bits per heavy atom. The third-order valence-corrected chi connectivity index (χ3v) is 4.55. The van der Waals surface area contributed by atoms with Gasteiger partial charge in [-0.05, 0) is 31.7 Å². The molecule has 3 rings (SSSR count). The molecule has 8 heteroatoms. The van der Waals surface area contributed by atoms with Gasteiger partial charge < -0.3 is 15.2 Å². The first kappa shape index (κ1) is 20.6. The van der Waals surface area contributed by atoms with E-state index >= 15 is 0 Å². The van der Waals surface area contributed by atoms with Crippen LogP contribution in [0.15, 0.2) is 65.2 Å². The molecule has 1 heterocycles. The molecule has 0 aliphatic heterocycles. The maximum absolute atomic E-state index is 13.0. The van der Waals surface area contributed by atoms with Crippen LogP contribution >= 0.6 is 11.6 Å². The van der Waals surface area contributed by atoms with Gasteiger partial charge in [-0.15, -0.1) is 0 Å². The lowest BCUT2D eigenvalue weighted by Crippen LogP contribution is -2.39. The molecule has 7 nitrogen and oxygen atoms in total. The highest BCUT2D eigenvalue weighted by atomic mass is 35.5. The van der Waals surface area contributed by atoms with Gasteiger partial charge in [-0.3, -0.25) is 14.5 Å². The van der Waals surface area contributed by atoms with Crippen LogP contribution in [0.25, 0.3) is 0 Å². The molecular weight excluding hydrogens is 392 g/mol. The van der Waals surface area contributed by atoms with Crippen LogP contribution in [-0.2, 0) is 9.59 Å². The zero-order chi connectivity index (χ0) is 20.8. The van der Waals surface area contributed by atoms with Gasteiger partial charge in [0.1, 0.15) is 11.8 Å². The Morgan fingerprint density at radius 2 is 1.79 bits per heavy atom. The smallest absolute Gasteiger partial charge is 0.247 e. The number of aryl methyl sites for hydroxylation is 1. The van der Waals surface area contributed by atoms with E-state index in [2.05, 4.69) is 15.8 Å². The Morgan fingerprint density at radius 3 is 2.45 bits per heavy atom. The molecule has 1 aromatic heterocycles.